The van der Waals surface area contributed by atoms with Gasteiger partial charge in [0.15, 0.2) is 16.6 Å². The number of terminal acetylenes is 1. The van der Waals surface area contributed by atoms with Gasteiger partial charge >= 0.3 is 5.97 Å². The molecule has 0 fully saturated rings. The van der Waals surface area contributed by atoms with Crippen LogP contribution in [-0.4, -0.2) is 39.3 Å². The average Bonchev–Trinajstić information content (AvgIpc) is 2.62. The Morgan fingerprint density at radius 1 is 0.969 bits per heavy atom. The molecule has 0 aliphatic rings. The van der Waals surface area contributed by atoms with E-state index in [-0.39, 0.29) is 27.9 Å². The number of ether oxygens (including phenoxy) is 1. The normalized spacial score (nSPS) is 15.7. The summed E-state index contributed by atoms with van der Waals surface area (Å²) >= 11 is 0. The first kappa shape index (κ1) is 30.9. The maximum Gasteiger partial charge on any atom is 0.305 e. The third-order valence-electron chi connectivity index (χ3n) is 7.30. The molecule has 4 nitrogen and oxygen atoms in total. The van der Waals surface area contributed by atoms with Crippen LogP contribution >= 0.6 is 0 Å². The summed E-state index contributed by atoms with van der Waals surface area (Å²) in [6.07, 6.45) is 18.5. The average molecular weight is 481 g/mol. The summed E-state index contributed by atoms with van der Waals surface area (Å²) in [5.74, 6) is 3.08. The van der Waals surface area contributed by atoms with E-state index in [1.165, 1.54) is 7.11 Å². The van der Waals surface area contributed by atoms with Crippen molar-refractivity contribution in [2.24, 2.45) is 11.8 Å². The zero-order chi connectivity index (χ0) is 25.2. The number of hydrogen-bond donors (Lipinski definition) is 2. The molecule has 0 aromatic heterocycles. The largest absolute Gasteiger partial charge is 0.469 e. The Balaban J connectivity index is 5.36. The highest BCUT2D eigenvalue weighted by atomic mass is 28.4. The molecule has 1 unspecified atom stereocenters. The molecular formula is C26H48O4Si2. The number of allylic oxidation sites excluding steroid dienone is 4. The van der Waals surface area contributed by atoms with E-state index in [0.29, 0.717) is 12.8 Å². The van der Waals surface area contributed by atoms with Gasteiger partial charge in [0.25, 0.3) is 0 Å². The number of hydrogen-bond acceptors (Lipinski definition) is 4. The fraction of sp³-hybridized carbons (Fsp3) is 0.731. The minimum atomic E-state index is -2.32. The van der Waals surface area contributed by atoms with E-state index in [1.807, 2.05) is 26.2 Å². The zero-order valence-corrected chi connectivity index (χ0v) is 24.0. The van der Waals surface area contributed by atoms with Crippen LogP contribution in [0.3, 0.4) is 0 Å². The smallest absolute Gasteiger partial charge is 0.305 e. The van der Waals surface area contributed by atoms with E-state index >= 15 is 0 Å². The maximum atomic E-state index is 11.5. The lowest BCUT2D eigenvalue weighted by atomic mass is 9.90. The molecule has 0 radical (unpaired) electrons. The Bertz CT molecular complexity index is 673. The van der Waals surface area contributed by atoms with Crippen molar-refractivity contribution in [2.75, 3.05) is 7.11 Å². The molecule has 0 rings (SSSR count). The molecule has 2 N–H and O–H groups in total. The van der Waals surface area contributed by atoms with Crippen LogP contribution in [0.15, 0.2) is 24.3 Å². The summed E-state index contributed by atoms with van der Waals surface area (Å²) in [5.41, 5.74) is 0. The van der Waals surface area contributed by atoms with Gasteiger partial charge in [0, 0.05) is 12.8 Å². The molecule has 0 bridgehead atoms. The number of esters is 1. The molecule has 0 saturated heterocycles. The molecule has 6 heteroatoms. The van der Waals surface area contributed by atoms with Gasteiger partial charge in [0.1, 0.15) is 0 Å². The predicted molar refractivity (Wildman–Crippen MR) is 141 cm³/mol. The first-order valence-electron chi connectivity index (χ1n) is 11.8. The van der Waals surface area contributed by atoms with Crippen LogP contribution in [-0.2, 0) is 9.53 Å². The molecule has 0 heterocycles. The lowest BCUT2D eigenvalue weighted by molar-refractivity contribution is -0.140. The maximum absolute atomic E-state index is 11.5. The molecule has 0 aliphatic heterocycles. The van der Waals surface area contributed by atoms with Crippen LogP contribution in [0.4, 0.5) is 0 Å². The molecule has 0 spiro atoms. The molecular weight excluding hydrogens is 432 g/mol. The Morgan fingerprint density at radius 3 is 1.81 bits per heavy atom. The van der Waals surface area contributed by atoms with E-state index in [9.17, 15) is 14.4 Å². The van der Waals surface area contributed by atoms with Gasteiger partial charge in [-0.15, -0.1) is 12.3 Å². The summed E-state index contributed by atoms with van der Waals surface area (Å²) in [6, 6.07) is 0. The second kappa shape index (κ2) is 12.9. The monoisotopic (exact) mass is 480 g/mol. The van der Waals surface area contributed by atoms with E-state index in [2.05, 4.69) is 57.9 Å². The van der Waals surface area contributed by atoms with E-state index in [1.54, 1.807) is 0 Å². The minimum absolute atomic E-state index is 0.125. The van der Waals surface area contributed by atoms with Crippen LogP contribution in [0, 0.1) is 24.2 Å². The molecule has 0 aromatic rings. The lowest BCUT2D eigenvalue weighted by Gasteiger charge is -2.37. The Morgan fingerprint density at radius 2 is 1.41 bits per heavy atom. The van der Waals surface area contributed by atoms with Crippen LogP contribution in [0.2, 0.25) is 36.3 Å². The highest BCUT2D eigenvalue weighted by molar-refractivity contribution is 6.73. The van der Waals surface area contributed by atoms with Crippen molar-refractivity contribution < 1.29 is 19.1 Å². The highest BCUT2D eigenvalue weighted by Crippen LogP contribution is 2.43. The van der Waals surface area contributed by atoms with Gasteiger partial charge in [-0.05, 0) is 73.8 Å². The Kier molecular flexibility index (Phi) is 12.5. The van der Waals surface area contributed by atoms with Gasteiger partial charge in [-0.25, -0.2) is 0 Å². The highest BCUT2D eigenvalue weighted by Gasteiger charge is 2.40. The summed E-state index contributed by atoms with van der Waals surface area (Å²) in [7, 11) is -3.20. The van der Waals surface area contributed by atoms with Crippen molar-refractivity contribution in [1.82, 2.24) is 0 Å². The van der Waals surface area contributed by atoms with E-state index < -0.39 is 16.6 Å². The molecule has 0 amide bonds. The number of carbonyl (C=O) groups excluding carboxylic acids is 1. The van der Waals surface area contributed by atoms with Gasteiger partial charge in [-0.3, -0.25) is 4.79 Å². The molecule has 32 heavy (non-hydrogen) atoms. The quantitative estimate of drug-likeness (QED) is 0.130. The van der Waals surface area contributed by atoms with Crippen molar-refractivity contribution in [1.29, 1.82) is 0 Å². The molecule has 184 valence electrons. The summed E-state index contributed by atoms with van der Waals surface area (Å²) < 4.78 is 4.77. The third-order valence-corrected chi connectivity index (χ3v) is 14.3. The number of methoxy groups -OCH3 is 1. The van der Waals surface area contributed by atoms with E-state index in [4.69, 9.17) is 11.2 Å². The van der Waals surface area contributed by atoms with Crippen molar-refractivity contribution in [3.8, 4) is 12.3 Å². The van der Waals surface area contributed by atoms with Gasteiger partial charge in [0.05, 0.1) is 7.11 Å². The van der Waals surface area contributed by atoms with E-state index in [0.717, 1.165) is 25.7 Å². The van der Waals surface area contributed by atoms with Crippen molar-refractivity contribution in [3.05, 3.63) is 24.3 Å². The fourth-order valence-electron chi connectivity index (χ4n) is 3.49. The van der Waals surface area contributed by atoms with Gasteiger partial charge in [0.2, 0.25) is 0 Å². The molecule has 2 atom stereocenters. The van der Waals surface area contributed by atoms with Crippen molar-refractivity contribution in [3.63, 3.8) is 0 Å². The first-order chi connectivity index (χ1) is 14.5. The Hall–Kier alpha value is -1.14. The van der Waals surface area contributed by atoms with Crippen LogP contribution in [0.5, 0.6) is 0 Å². The van der Waals surface area contributed by atoms with Crippen LogP contribution in [0.1, 0.15) is 66.2 Å². The standard InChI is InChI=1S/C26H48O4Si2/c1-11-15-22(20-25(2,3)31(7,8)28)16-12-13-17-23(18-14-19-24(27)30-6)21-26(4,5)32(9,10)29/h1,12-13,16-17,22-23,28-29H,14-15,18-21H2,2-10H3/b16-12+,17-13+/t22?,23-/m1/s1. The SMILES string of the molecule is C#CCC(/C=C/C=C/[C@H](CCCC(=O)OC)CC(C)(C)[Si](C)(C)O)CC(C)(C)[Si](C)(C)O. The summed E-state index contributed by atoms with van der Waals surface area (Å²) in [6.45, 7) is 16.5. The molecule has 0 aromatic carbocycles. The number of carbonyl (C=O) groups is 1. The van der Waals surface area contributed by atoms with Gasteiger partial charge in [-0.1, -0.05) is 52.0 Å². The van der Waals surface area contributed by atoms with Crippen molar-refractivity contribution in [2.45, 2.75) is 102 Å². The molecule has 0 saturated carbocycles. The Labute approximate surface area is 199 Å². The van der Waals surface area contributed by atoms with Crippen LogP contribution in [0.25, 0.3) is 0 Å². The third kappa shape index (κ3) is 11.1. The van der Waals surface area contributed by atoms with Crippen molar-refractivity contribution >= 4 is 22.6 Å². The lowest BCUT2D eigenvalue weighted by Crippen LogP contribution is -2.40. The molecule has 0 aliphatic carbocycles. The minimum Gasteiger partial charge on any atom is -0.469 e. The summed E-state index contributed by atoms with van der Waals surface area (Å²) in [5, 5.41) is -0.259. The predicted octanol–water partition coefficient (Wildman–Crippen LogP) is 6.43. The second-order valence-corrected chi connectivity index (χ2v) is 20.4. The van der Waals surface area contributed by atoms with Crippen LogP contribution < -0.4 is 0 Å². The van der Waals surface area contributed by atoms with Gasteiger partial charge < -0.3 is 14.3 Å². The number of rotatable bonds is 14. The zero-order valence-electron chi connectivity index (χ0n) is 22.0. The fourth-order valence-corrected chi connectivity index (χ4v) is 5.01. The first-order valence-corrected chi connectivity index (χ1v) is 17.7. The summed E-state index contributed by atoms with van der Waals surface area (Å²) in [4.78, 5) is 32.8. The van der Waals surface area contributed by atoms with Gasteiger partial charge in [-0.2, -0.15) is 0 Å². The second-order valence-electron chi connectivity index (χ2n) is 11.5. The topological polar surface area (TPSA) is 66.8 Å².